The van der Waals surface area contributed by atoms with Gasteiger partial charge in [0.05, 0.1) is 11.6 Å². The highest BCUT2D eigenvalue weighted by molar-refractivity contribution is 6.02. The Kier molecular flexibility index (Phi) is 9.93. The lowest BCUT2D eigenvalue weighted by Gasteiger charge is -2.27. The van der Waals surface area contributed by atoms with E-state index in [0.29, 0.717) is 10.6 Å². The summed E-state index contributed by atoms with van der Waals surface area (Å²) in [6.07, 6.45) is 0.400. The maximum Gasteiger partial charge on any atom is 0.406 e. The lowest BCUT2D eigenvalue weighted by Crippen LogP contribution is -2.46. The molecule has 13 heteroatoms. The maximum absolute atomic E-state index is 15.3. The van der Waals surface area contributed by atoms with Gasteiger partial charge < -0.3 is 20.9 Å². The molecule has 1 aromatic heterocycles. The quantitative estimate of drug-likeness (QED) is 0.229. The van der Waals surface area contributed by atoms with Crippen molar-refractivity contribution in [3.63, 3.8) is 0 Å². The predicted octanol–water partition coefficient (Wildman–Crippen LogP) is 4.55. The van der Waals surface area contributed by atoms with Crippen LogP contribution in [-0.4, -0.2) is 71.3 Å². The number of carbonyl (C=O) groups is 3. The number of hydrogen-bond acceptors (Lipinski definition) is 5. The Morgan fingerprint density at radius 1 is 1.12 bits per heavy atom. The van der Waals surface area contributed by atoms with E-state index in [1.807, 2.05) is 13.8 Å². The van der Waals surface area contributed by atoms with Crippen molar-refractivity contribution in [2.24, 2.45) is 5.92 Å². The average molecular weight is 607 g/mol. The minimum atomic E-state index is -4.59. The van der Waals surface area contributed by atoms with Gasteiger partial charge in [0, 0.05) is 25.3 Å². The summed E-state index contributed by atoms with van der Waals surface area (Å²) in [6, 6.07) is 4.19. The van der Waals surface area contributed by atoms with Gasteiger partial charge in [-0.3, -0.25) is 19.1 Å². The second kappa shape index (κ2) is 13.3. The monoisotopic (exact) mass is 606 g/mol. The van der Waals surface area contributed by atoms with Crippen LogP contribution < -0.4 is 16.0 Å². The van der Waals surface area contributed by atoms with Gasteiger partial charge in [-0.1, -0.05) is 11.6 Å². The van der Waals surface area contributed by atoms with Crippen LogP contribution in [0.2, 0.25) is 0 Å². The summed E-state index contributed by atoms with van der Waals surface area (Å²) in [6.45, 7) is 3.75. The Morgan fingerprint density at radius 3 is 2.37 bits per heavy atom. The van der Waals surface area contributed by atoms with Crippen molar-refractivity contribution in [1.29, 1.82) is 0 Å². The summed E-state index contributed by atoms with van der Waals surface area (Å²) >= 11 is 0. The van der Waals surface area contributed by atoms with Gasteiger partial charge in [0.15, 0.2) is 0 Å². The summed E-state index contributed by atoms with van der Waals surface area (Å²) < 4.78 is 56.1. The number of carbonyl (C=O) groups excluding carboxylic acids is 3. The number of anilines is 1. The molecule has 2 fully saturated rings. The Bertz CT molecular complexity index is 1380. The molecule has 2 atom stereocenters. The van der Waals surface area contributed by atoms with Gasteiger partial charge >= 0.3 is 6.18 Å². The maximum atomic E-state index is 15.3. The number of alkyl halides is 3. The molecule has 1 aromatic carbocycles. The number of benzene rings is 1. The van der Waals surface area contributed by atoms with Crippen LogP contribution in [0.3, 0.4) is 0 Å². The molecule has 2 aliphatic carbocycles. The summed E-state index contributed by atoms with van der Waals surface area (Å²) in [5.41, 5.74) is 2.28. The molecule has 3 amide bonds. The number of hydrogen-bond donors (Lipinski definition) is 3. The Hall–Kier alpha value is -3.74. The van der Waals surface area contributed by atoms with Crippen molar-refractivity contribution in [3.8, 4) is 0 Å². The molecule has 0 saturated heterocycles. The van der Waals surface area contributed by atoms with Crippen LogP contribution in [0.1, 0.15) is 74.5 Å². The molecule has 0 aliphatic heterocycles. The lowest BCUT2D eigenvalue weighted by molar-refractivity contribution is -0.161. The fraction of sp³-hybridized carbons (Fsp3) is 0.533. The summed E-state index contributed by atoms with van der Waals surface area (Å²) in [4.78, 5) is 40.5. The lowest BCUT2D eigenvalue weighted by atomic mass is 9.98. The van der Waals surface area contributed by atoms with E-state index in [-0.39, 0.29) is 36.3 Å². The molecule has 0 spiro atoms. The number of nitrogens with zero attached hydrogens (tertiary/aromatic N) is 3. The normalized spacial score (nSPS) is 16.1. The van der Waals surface area contributed by atoms with Crippen molar-refractivity contribution >= 4 is 23.4 Å². The molecule has 0 bridgehead atoms. The van der Waals surface area contributed by atoms with E-state index < -0.39 is 48.2 Å². The van der Waals surface area contributed by atoms with Crippen molar-refractivity contribution in [2.45, 2.75) is 70.6 Å². The molecule has 2 saturated carbocycles. The van der Waals surface area contributed by atoms with Crippen LogP contribution >= 0.6 is 0 Å². The van der Waals surface area contributed by atoms with E-state index in [0.717, 1.165) is 42.9 Å². The fourth-order valence-electron chi connectivity index (χ4n) is 5.12. The molecule has 9 nitrogen and oxygen atoms in total. The van der Waals surface area contributed by atoms with E-state index in [2.05, 4.69) is 21.0 Å². The van der Waals surface area contributed by atoms with E-state index in [1.54, 1.807) is 17.8 Å². The van der Waals surface area contributed by atoms with Gasteiger partial charge in [-0.25, -0.2) is 4.39 Å². The van der Waals surface area contributed by atoms with Gasteiger partial charge in [-0.2, -0.15) is 18.3 Å². The molecule has 1 heterocycles. The smallest absolute Gasteiger partial charge is 0.335 e. The Balaban J connectivity index is 1.53. The molecule has 2 aliphatic rings. The molecule has 0 radical (unpaired) electrons. The van der Waals surface area contributed by atoms with Gasteiger partial charge in [-0.05, 0) is 88.8 Å². The van der Waals surface area contributed by atoms with Crippen LogP contribution in [0.15, 0.2) is 41.6 Å². The highest BCUT2D eigenvalue weighted by atomic mass is 19.4. The van der Waals surface area contributed by atoms with Crippen molar-refractivity contribution in [1.82, 2.24) is 25.3 Å². The molecule has 2 aromatic rings. The van der Waals surface area contributed by atoms with E-state index in [4.69, 9.17) is 0 Å². The summed E-state index contributed by atoms with van der Waals surface area (Å²) in [7, 11) is 1.56. The number of aromatic nitrogens is 2. The first kappa shape index (κ1) is 32.2. The first-order valence-electron chi connectivity index (χ1n) is 14.5. The van der Waals surface area contributed by atoms with Gasteiger partial charge in [0.25, 0.3) is 11.8 Å². The molecular weight excluding hydrogens is 568 g/mol. The third-order valence-corrected chi connectivity index (χ3v) is 7.60. The first-order chi connectivity index (χ1) is 20.3. The second-order valence-corrected chi connectivity index (χ2v) is 11.4. The third kappa shape index (κ3) is 8.21. The minimum absolute atomic E-state index is 0.0848. The fourth-order valence-corrected chi connectivity index (χ4v) is 5.12. The number of likely N-dealkylation sites (N-methyl/N-ethyl adjacent to an activating group) is 1. The molecule has 4 rings (SSSR count). The summed E-state index contributed by atoms with van der Waals surface area (Å²) in [5, 5.41) is 12.3. The number of rotatable bonds is 13. The first-order valence-corrected chi connectivity index (χ1v) is 14.5. The average Bonchev–Trinajstić information content (AvgIpc) is 3.89. The van der Waals surface area contributed by atoms with Crippen LogP contribution in [-0.2, 0) is 9.59 Å². The van der Waals surface area contributed by atoms with E-state index in [1.165, 1.54) is 25.3 Å². The van der Waals surface area contributed by atoms with E-state index in [9.17, 15) is 27.6 Å². The van der Waals surface area contributed by atoms with E-state index >= 15 is 4.39 Å². The molecule has 0 unspecified atom stereocenters. The minimum Gasteiger partial charge on any atom is -0.335 e. The Labute approximate surface area is 248 Å². The second-order valence-electron chi connectivity index (χ2n) is 11.4. The third-order valence-electron chi connectivity index (χ3n) is 7.60. The molecule has 43 heavy (non-hydrogen) atoms. The molecular formula is C30H38F4N6O3. The van der Waals surface area contributed by atoms with Crippen LogP contribution in [0.25, 0.3) is 0 Å². The standard InChI is InChI=1S/C30H38F4N6O3/c1-17(2)40-24(11-12-36-40)27(41)38-26(25(19-5-6-19)20-7-8-20)28(42)37-23-10-9-21(15-22(23)31)18(3)29(43)39(14-13-35-4)16-30(32,33)34/h9-12,15,17-19,26,35H,5-8,13-14,16H2,1-4H3,(H,37,42)(H,38,41)/t18-,26-/m0/s1. The summed E-state index contributed by atoms with van der Waals surface area (Å²) in [5.74, 6) is -3.61. The number of halogens is 4. The van der Waals surface area contributed by atoms with Crippen molar-refractivity contribution in [2.75, 3.05) is 32.0 Å². The van der Waals surface area contributed by atoms with Gasteiger partial charge in [0.2, 0.25) is 5.91 Å². The Morgan fingerprint density at radius 2 is 1.81 bits per heavy atom. The topological polar surface area (TPSA) is 108 Å². The molecule has 3 N–H and O–H groups in total. The van der Waals surface area contributed by atoms with Crippen LogP contribution in [0, 0.1) is 11.7 Å². The number of allylic oxidation sites excluding steroid dienone is 1. The number of amides is 3. The van der Waals surface area contributed by atoms with Gasteiger partial charge in [-0.15, -0.1) is 0 Å². The molecule has 234 valence electrons. The van der Waals surface area contributed by atoms with Gasteiger partial charge in [0.1, 0.15) is 24.1 Å². The zero-order chi connectivity index (χ0) is 31.5. The van der Waals surface area contributed by atoms with Crippen molar-refractivity contribution in [3.05, 3.63) is 58.7 Å². The highest BCUT2D eigenvalue weighted by Gasteiger charge is 2.40. The zero-order valence-electron chi connectivity index (χ0n) is 24.7. The van der Waals surface area contributed by atoms with Crippen molar-refractivity contribution < 1.29 is 31.9 Å². The zero-order valence-corrected chi connectivity index (χ0v) is 24.7. The van der Waals surface area contributed by atoms with Crippen LogP contribution in [0.5, 0.6) is 0 Å². The largest absolute Gasteiger partial charge is 0.406 e. The predicted molar refractivity (Wildman–Crippen MR) is 153 cm³/mol. The highest BCUT2D eigenvalue weighted by Crippen LogP contribution is 2.46. The SMILES string of the molecule is CNCCN(CC(F)(F)F)C(=O)[C@@H](C)c1ccc(NC(=O)[C@@H](NC(=O)c2ccnn2C(C)C)C(=C2CC2)C2CC2)c(F)c1. The van der Waals surface area contributed by atoms with Crippen LogP contribution in [0.4, 0.5) is 23.2 Å². The number of nitrogens with one attached hydrogen (secondary N) is 3.